The summed E-state index contributed by atoms with van der Waals surface area (Å²) < 4.78 is 4.98. The second-order valence-electron chi connectivity index (χ2n) is 5.54. The Kier molecular flexibility index (Phi) is 5.03. The van der Waals surface area contributed by atoms with Crippen LogP contribution in [-0.4, -0.2) is 22.5 Å². The maximum absolute atomic E-state index is 12.1. The summed E-state index contributed by atoms with van der Waals surface area (Å²) in [5.41, 5.74) is 1.06. The lowest BCUT2D eigenvalue weighted by molar-refractivity contribution is -0.385. The number of benzene rings is 2. The third kappa shape index (κ3) is 3.75. The average Bonchev–Trinajstić information content (AvgIpc) is 2.66. The van der Waals surface area contributed by atoms with Gasteiger partial charge in [-0.3, -0.25) is 10.1 Å². The molecule has 6 heteroatoms. The Morgan fingerprint density at radius 3 is 2.65 bits per heavy atom. The van der Waals surface area contributed by atoms with Crippen LogP contribution in [0, 0.1) is 10.1 Å². The number of rotatable bonds is 5. The number of esters is 1. The Morgan fingerprint density at radius 2 is 1.92 bits per heavy atom. The van der Waals surface area contributed by atoms with E-state index >= 15 is 0 Å². The summed E-state index contributed by atoms with van der Waals surface area (Å²) in [4.78, 5) is 26.5. The zero-order valence-corrected chi connectivity index (χ0v) is 14.1. The number of carbonyl (C=O) groups excluding carboxylic acids is 1. The molecule has 26 heavy (non-hydrogen) atoms. The van der Waals surface area contributed by atoms with Gasteiger partial charge >= 0.3 is 5.97 Å². The van der Waals surface area contributed by atoms with Crippen molar-refractivity contribution in [2.45, 2.75) is 6.92 Å². The summed E-state index contributed by atoms with van der Waals surface area (Å²) >= 11 is 0. The molecule has 0 aliphatic carbocycles. The van der Waals surface area contributed by atoms with Crippen LogP contribution in [0.3, 0.4) is 0 Å². The lowest BCUT2D eigenvalue weighted by atomic mass is 10.1. The van der Waals surface area contributed by atoms with E-state index in [1.807, 2.05) is 48.5 Å². The molecule has 0 saturated heterocycles. The van der Waals surface area contributed by atoms with Gasteiger partial charge in [-0.25, -0.2) is 9.78 Å². The van der Waals surface area contributed by atoms with Gasteiger partial charge in [0.25, 0.3) is 5.69 Å². The highest BCUT2D eigenvalue weighted by atomic mass is 16.6. The van der Waals surface area contributed by atoms with Crippen LogP contribution in [0.4, 0.5) is 5.69 Å². The van der Waals surface area contributed by atoms with Crippen LogP contribution < -0.4 is 0 Å². The van der Waals surface area contributed by atoms with Gasteiger partial charge in [-0.2, -0.15) is 0 Å². The first-order chi connectivity index (χ1) is 12.6. The molecule has 130 valence electrons. The maximum Gasteiger partial charge on any atom is 0.340 e. The molecule has 1 heterocycles. The minimum atomic E-state index is -0.637. The quantitative estimate of drug-likeness (QED) is 0.385. The van der Waals surface area contributed by atoms with Gasteiger partial charge < -0.3 is 4.74 Å². The highest BCUT2D eigenvalue weighted by Crippen LogP contribution is 2.20. The van der Waals surface area contributed by atoms with Crippen molar-refractivity contribution >= 4 is 34.6 Å². The number of carbonyl (C=O) groups is 1. The van der Waals surface area contributed by atoms with Crippen molar-refractivity contribution in [2.75, 3.05) is 6.61 Å². The standard InChI is InChI=1S/C20H16N2O4/c1-2-26-20(23)18-12-17(22(24)25)13-21-19(18)10-8-14-7-9-15-5-3-4-6-16(15)11-14/h3-13H,2H2,1H3/b10-8+. The Morgan fingerprint density at radius 1 is 1.15 bits per heavy atom. The van der Waals surface area contributed by atoms with Crippen LogP contribution in [0.2, 0.25) is 0 Å². The molecule has 0 radical (unpaired) electrons. The molecule has 0 amide bonds. The van der Waals surface area contributed by atoms with Gasteiger partial charge in [0.1, 0.15) is 6.20 Å². The van der Waals surface area contributed by atoms with Gasteiger partial charge in [-0.15, -0.1) is 0 Å². The summed E-state index contributed by atoms with van der Waals surface area (Å²) in [6.45, 7) is 1.85. The predicted molar refractivity (Wildman–Crippen MR) is 99.7 cm³/mol. The lowest BCUT2D eigenvalue weighted by Crippen LogP contribution is -2.08. The largest absolute Gasteiger partial charge is 0.462 e. The maximum atomic E-state index is 12.1. The molecule has 0 bridgehead atoms. The number of ether oxygens (including phenoxy) is 1. The number of hydrogen-bond acceptors (Lipinski definition) is 5. The summed E-state index contributed by atoms with van der Waals surface area (Å²) in [7, 11) is 0. The molecule has 3 rings (SSSR count). The zero-order chi connectivity index (χ0) is 18.5. The van der Waals surface area contributed by atoms with Crippen molar-refractivity contribution in [3.8, 4) is 0 Å². The normalized spacial score (nSPS) is 11.0. The first-order valence-electron chi connectivity index (χ1n) is 8.07. The smallest absolute Gasteiger partial charge is 0.340 e. The fourth-order valence-electron chi connectivity index (χ4n) is 2.56. The Hall–Kier alpha value is -3.54. The molecule has 0 aliphatic heterocycles. The molecular formula is C20H16N2O4. The van der Waals surface area contributed by atoms with E-state index in [9.17, 15) is 14.9 Å². The van der Waals surface area contributed by atoms with Crippen LogP contribution in [0.25, 0.3) is 22.9 Å². The van der Waals surface area contributed by atoms with E-state index in [4.69, 9.17) is 4.74 Å². The molecule has 0 spiro atoms. The van der Waals surface area contributed by atoms with Crippen LogP contribution in [0.15, 0.2) is 54.7 Å². The van der Waals surface area contributed by atoms with Crippen molar-refractivity contribution in [2.24, 2.45) is 0 Å². The van der Waals surface area contributed by atoms with Crippen molar-refractivity contribution in [3.05, 3.63) is 81.7 Å². The second-order valence-corrected chi connectivity index (χ2v) is 5.54. The molecule has 2 aromatic carbocycles. The van der Waals surface area contributed by atoms with Gasteiger partial charge in [0, 0.05) is 6.07 Å². The number of nitro groups is 1. The monoisotopic (exact) mass is 348 g/mol. The van der Waals surface area contributed by atoms with Crippen molar-refractivity contribution in [3.63, 3.8) is 0 Å². The van der Waals surface area contributed by atoms with Gasteiger partial charge in [-0.1, -0.05) is 42.5 Å². The van der Waals surface area contributed by atoms with Crippen LogP contribution in [0.1, 0.15) is 28.5 Å². The Labute approximate surface area is 149 Å². The molecule has 0 aliphatic rings. The highest BCUT2D eigenvalue weighted by molar-refractivity contribution is 5.95. The number of aromatic nitrogens is 1. The fourth-order valence-corrected chi connectivity index (χ4v) is 2.56. The molecular weight excluding hydrogens is 332 g/mol. The van der Waals surface area contributed by atoms with E-state index in [0.29, 0.717) is 5.69 Å². The number of nitrogens with zero attached hydrogens (tertiary/aromatic N) is 2. The second kappa shape index (κ2) is 7.57. The van der Waals surface area contributed by atoms with Crippen LogP contribution in [0.5, 0.6) is 0 Å². The highest BCUT2D eigenvalue weighted by Gasteiger charge is 2.17. The summed E-state index contributed by atoms with van der Waals surface area (Å²) in [6, 6.07) is 15.1. The molecule has 0 N–H and O–H groups in total. The van der Waals surface area contributed by atoms with E-state index in [1.165, 1.54) is 6.07 Å². The van der Waals surface area contributed by atoms with Crippen molar-refractivity contribution in [1.82, 2.24) is 4.98 Å². The van der Waals surface area contributed by atoms with Gasteiger partial charge in [0.05, 0.1) is 22.8 Å². The third-order valence-corrected chi connectivity index (χ3v) is 3.82. The number of fused-ring (bicyclic) bond motifs is 1. The average molecular weight is 348 g/mol. The van der Waals surface area contributed by atoms with Crippen LogP contribution in [-0.2, 0) is 4.74 Å². The van der Waals surface area contributed by atoms with E-state index in [2.05, 4.69) is 4.98 Å². The molecule has 0 saturated carbocycles. The topological polar surface area (TPSA) is 82.3 Å². The fraction of sp³-hybridized carbons (Fsp3) is 0.100. The molecule has 0 fully saturated rings. The Balaban J connectivity index is 1.97. The molecule has 3 aromatic rings. The van der Waals surface area contributed by atoms with Crippen LogP contribution >= 0.6 is 0 Å². The van der Waals surface area contributed by atoms with Gasteiger partial charge in [0.2, 0.25) is 0 Å². The van der Waals surface area contributed by atoms with Crippen molar-refractivity contribution in [1.29, 1.82) is 0 Å². The van der Waals surface area contributed by atoms with Gasteiger partial charge in [0.15, 0.2) is 0 Å². The molecule has 1 aromatic heterocycles. The molecule has 0 atom stereocenters. The van der Waals surface area contributed by atoms with E-state index in [1.54, 1.807) is 13.0 Å². The summed E-state index contributed by atoms with van der Waals surface area (Å²) in [6.07, 6.45) is 4.59. The molecule has 6 nitrogen and oxygen atoms in total. The van der Waals surface area contributed by atoms with Gasteiger partial charge in [-0.05, 0) is 35.4 Å². The minimum Gasteiger partial charge on any atom is -0.462 e. The third-order valence-electron chi connectivity index (χ3n) is 3.82. The zero-order valence-electron chi connectivity index (χ0n) is 14.1. The van der Waals surface area contributed by atoms with E-state index < -0.39 is 10.9 Å². The number of pyridine rings is 1. The molecule has 0 unspecified atom stereocenters. The summed E-state index contributed by atoms with van der Waals surface area (Å²) in [5, 5.41) is 13.2. The number of hydrogen-bond donors (Lipinski definition) is 0. The summed E-state index contributed by atoms with van der Waals surface area (Å²) in [5.74, 6) is -0.637. The first kappa shape index (κ1) is 17.3. The minimum absolute atomic E-state index is 0.0677. The van der Waals surface area contributed by atoms with E-state index in [0.717, 1.165) is 22.5 Å². The van der Waals surface area contributed by atoms with E-state index in [-0.39, 0.29) is 17.9 Å². The predicted octanol–water partition coefficient (Wildman–Crippen LogP) is 4.49. The first-order valence-corrected chi connectivity index (χ1v) is 8.07. The lowest BCUT2D eigenvalue weighted by Gasteiger charge is -2.05. The Bertz CT molecular complexity index is 1010. The SMILES string of the molecule is CCOC(=O)c1cc([N+](=O)[O-])cnc1/C=C/c1ccc2ccccc2c1. The van der Waals surface area contributed by atoms with Crippen molar-refractivity contribution < 1.29 is 14.5 Å².